The second kappa shape index (κ2) is 14.2. The number of methoxy groups -OCH3 is 4. The van der Waals surface area contributed by atoms with Gasteiger partial charge in [0, 0.05) is 19.2 Å². The van der Waals surface area contributed by atoms with Crippen molar-refractivity contribution in [2.75, 3.05) is 48.1 Å². The van der Waals surface area contributed by atoms with Gasteiger partial charge < -0.3 is 24.1 Å². The summed E-state index contributed by atoms with van der Waals surface area (Å²) in [5.41, 5.74) is 3.89. The molecule has 6 heteroatoms. The van der Waals surface area contributed by atoms with Gasteiger partial charge in [-0.05, 0) is 73.2 Å². The molecule has 194 valence electrons. The van der Waals surface area contributed by atoms with E-state index in [0.717, 1.165) is 61.8 Å². The molecule has 0 bridgehead atoms. The Morgan fingerprint density at radius 2 is 1.34 bits per heavy atom. The number of hydrogen-bond acceptors (Lipinski definition) is 6. The van der Waals surface area contributed by atoms with Crippen LogP contribution in [0, 0.1) is 0 Å². The highest BCUT2D eigenvalue weighted by Crippen LogP contribution is 2.40. The van der Waals surface area contributed by atoms with Crippen LogP contribution < -0.4 is 18.9 Å². The van der Waals surface area contributed by atoms with Crippen molar-refractivity contribution in [2.45, 2.75) is 63.8 Å². The Labute approximate surface area is 211 Å². The van der Waals surface area contributed by atoms with E-state index in [1.54, 1.807) is 28.4 Å². The number of aliphatic hydroxyl groups is 1. The third kappa shape index (κ3) is 7.28. The molecule has 6 nitrogen and oxygen atoms in total. The zero-order valence-corrected chi connectivity index (χ0v) is 22.0. The molecule has 3 rings (SSSR count). The van der Waals surface area contributed by atoms with E-state index in [4.69, 9.17) is 24.1 Å². The average molecular weight is 486 g/mol. The second-order valence-corrected chi connectivity index (χ2v) is 9.30. The first-order chi connectivity index (χ1) is 17.1. The summed E-state index contributed by atoms with van der Waals surface area (Å²) in [6, 6.07) is 10.8. The largest absolute Gasteiger partial charge is 0.493 e. The van der Waals surface area contributed by atoms with Gasteiger partial charge >= 0.3 is 0 Å². The van der Waals surface area contributed by atoms with Gasteiger partial charge in [-0.2, -0.15) is 0 Å². The Hall–Kier alpha value is -2.44. The molecule has 0 aromatic heterocycles. The highest BCUT2D eigenvalue weighted by atomic mass is 16.5. The summed E-state index contributed by atoms with van der Waals surface area (Å²) in [6.07, 6.45) is 10.2. The van der Waals surface area contributed by atoms with Crippen LogP contribution >= 0.6 is 0 Å². The van der Waals surface area contributed by atoms with Gasteiger partial charge in [0.2, 0.25) is 0 Å². The van der Waals surface area contributed by atoms with Crippen molar-refractivity contribution in [1.29, 1.82) is 0 Å². The summed E-state index contributed by atoms with van der Waals surface area (Å²) >= 11 is 0. The van der Waals surface area contributed by atoms with E-state index >= 15 is 0 Å². The van der Waals surface area contributed by atoms with Gasteiger partial charge in [-0.25, -0.2) is 0 Å². The van der Waals surface area contributed by atoms with Gasteiger partial charge in [-0.15, -0.1) is 0 Å². The first kappa shape index (κ1) is 27.2. The normalized spacial score (nSPS) is 15.5. The SMILES string of the molecule is COc1ccc(C[C@@H]2c3cc(OC)c(OC)cc3CCN2CCCCCCCCCO)cc1OC. The van der Waals surface area contributed by atoms with E-state index < -0.39 is 0 Å². The smallest absolute Gasteiger partial charge is 0.161 e. The molecular weight excluding hydrogens is 442 g/mol. The average Bonchev–Trinajstić information content (AvgIpc) is 2.90. The summed E-state index contributed by atoms with van der Waals surface area (Å²) in [4.78, 5) is 2.64. The zero-order valence-electron chi connectivity index (χ0n) is 22.0. The van der Waals surface area contributed by atoms with Crippen LogP contribution in [0.5, 0.6) is 23.0 Å². The van der Waals surface area contributed by atoms with Gasteiger partial charge in [0.15, 0.2) is 23.0 Å². The summed E-state index contributed by atoms with van der Waals surface area (Å²) in [7, 11) is 6.76. The first-order valence-corrected chi connectivity index (χ1v) is 13.0. The fourth-order valence-electron chi connectivity index (χ4n) is 5.13. The van der Waals surface area contributed by atoms with Crippen LogP contribution in [0.1, 0.15) is 67.7 Å². The Kier molecular flexibility index (Phi) is 11.0. The zero-order chi connectivity index (χ0) is 25.0. The maximum Gasteiger partial charge on any atom is 0.161 e. The standard InChI is InChI=1S/C29H43NO5/c1-32-26-13-12-22(19-27(26)33-2)18-25-24-21-29(35-4)28(34-3)20-23(24)14-16-30(25)15-10-8-6-5-7-9-11-17-31/h12-13,19-21,25,31H,5-11,14-18H2,1-4H3/t25-/m1/s1. The topological polar surface area (TPSA) is 60.4 Å². The maximum atomic E-state index is 8.94. The van der Waals surface area contributed by atoms with Crippen LogP contribution in [0.15, 0.2) is 30.3 Å². The molecule has 1 aliphatic heterocycles. The summed E-state index contributed by atoms with van der Waals surface area (Å²) in [5.74, 6) is 3.10. The molecule has 0 amide bonds. The van der Waals surface area contributed by atoms with Crippen LogP contribution in [-0.4, -0.2) is 58.1 Å². The number of hydrogen-bond donors (Lipinski definition) is 1. The van der Waals surface area contributed by atoms with Gasteiger partial charge in [-0.1, -0.05) is 38.2 Å². The Bertz CT molecular complexity index is 916. The minimum atomic E-state index is 0.265. The lowest BCUT2D eigenvalue weighted by molar-refractivity contribution is 0.178. The van der Waals surface area contributed by atoms with Crippen molar-refractivity contribution < 1.29 is 24.1 Å². The molecule has 0 spiro atoms. The maximum absolute atomic E-state index is 8.94. The molecule has 35 heavy (non-hydrogen) atoms. The fraction of sp³-hybridized carbons (Fsp3) is 0.586. The molecular formula is C29H43NO5. The summed E-state index contributed by atoms with van der Waals surface area (Å²) < 4.78 is 22.3. The predicted molar refractivity (Wildman–Crippen MR) is 140 cm³/mol. The lowest BCUT2D eigenvalue weighted by Gasteiger charge is -2.38. The first-order valence-electron chi connectivity index (χ1n) is 13.0. The van der Waals surface area contributed by atoms with Crippen molar-refractivity contribution in [3.05, 3.63) is 47.0 Å². The number of rotatable bonds is 15. The highest BCUT2D eigenvalue weighted by molar-refractivity contribution is 5.50. The van der Waals surface area contributed by atoms with Crippen LogP contribution in [0.25, 0.3) is 0 Å². The molecule has 0 saturated heterocycles. The van der Waals surface area contributed by atoms with E-state index in [-0.39, 0.29) is 6.04 Å². The van der Waals surface area contributed by atoms with E-state index in [1.165, 1.54) is 48.8 Å². The van der Waals surface area contributed by atoms with Crippen molar-refractivity contribution in [2.24, 2.45) is 0 Å². The van der Waals surface area contributed by atoms with Crippen LogP contribution in [-0.2, 0) is 12.8 Å². The quantitative estimate of drug-likeness (QED) is 0.332. The van der Waals surface area contributed by atoms with Gasteiger partial charge in [0.25, 0.3) is 0 Å². The van der Waals surface area contributed by atoms with Crippen LogP contribution in [0.4, 0.5) is 0 Å². The molecule has 2 aromatic carbocycles. The minimum Gasteiger partial charge on any atom is -0.493 e. The minimum absolute atomic E-state index is 0.265. The number of fused-ring (bicyclic) bond motifs is 1. The fourth-order valence-corrected chi connectivity index (χ4v) is 5.13. The molecule has 0 aliphatic carbocycles. The van der Waals surface area contributed by atoms with Gasteiger partial charge in [0.05, 0.1) is 28.4 Å². The Morgan fingerprint density at radius 3 is 2.00 bits per heavy atom. The monoisotopic (exact) mass is 485 g/mol. The molecule has 0 radical (unpaired) electrons. The third-order valence-corrected chi connectivity index (χ3v) is 7.09. The molecule has 1 aliphatic rings. The third-order valence-electron chi connectivity index (χ3n) is 7.09. The van der Waals surface area contributed by atoms with E-state index in [1.807, 2.05) is 6.07 Å². The molecule has 1 N–H and O–H groups in total. The Morgan fingerprint density at radius 1 is 0.743 bits per heavy atom. The van der Waals surface area contributed by atoms with E-state index in [9.17, 15) is 0 Å². The second-order valence-electron chi connectivity index (χ2n) is 9.30. The number of benzene rings is 2. The highest BCUT2D eigenvalue weighted by Gasteiger charge is 2.29. The van der Waals surface area contributed by atoms with Crippen LogP contribution in [0.3, 0.4) is 0 Å². The lowest BCUT2D eigenvalue weighted by Crippen LogP contribution is -2.37. The number of ether oxygens (including phenoxy) is 4. The number of unbranched alkanes of at least 4 members (excludes halogenated alkanes) is 6. The molecule has 1 atom stereocenters. The molecule has 0 saturated carbocycles. The number of nitrogens with zero attached hydrogens (tertiary/aromatic N) is 1. The molecule has 2 aromatic rings. The van der Waals surface area contributed by atoms with Crippen molar-refractivity contribution >= 4 is 0 Å². The molecule has 0 fully saturated rings. The van der Waals surface area contributed by atoms with Crippen LogP contribution in [0.2, 0.25) is 0 Å². The lowest BCUT2D eigenvalue weighted by atomic mass is 9.87. The summed E-state index contributed by atoms with van der Waals surface area (Å²) in [5, 5.41) is 8.94. The molecule has 1 heterocycles. The van der Waals surface area contributed by atoms with Crippen molar-refractivity contribution in [3.63, 3.8) is 0 Å². The van der Waals surface area contributed by atoms with Crippen molar-refractivity contribution in [3.8, 4) is 23.0 Å². The van der Waals surface area contributed by atoms with E-state index in [2.05, 4.69) is 29.2 Å². The molecule has 0 unspecified atom stereocenters. The number of aliphatic hydroxyl groups excluding tert-OH is 1. The van der Waals surface area contributed by atoms with Gasteiger partial charge in [-0.3, -0.25) is 4.90 Å². The van der Waals surface area contributed by atoms with Crippen molar-refractivity contribution in [1.82, 2.24) is 4.90 Å². The van der Waals surface area contributed by atoms with Gasteiger partial charge in [0.1, 0.15) is 0 Å². The summed E-state index contributed by atoms with van der Waals surface area (Å²) in [6.45, 7) is 2.44. The Balaban J connectivity index is 1.76. The predicted octanol–water partition coefficient (Wildman–Crippen LogP) is 5.59. The van der Waals surface area contributed by atoms with E-state index in [0.29, 0.717) is 6.61 Å².